The lowest BCUT2D eigenvalue weighted by Crippen LogP contribution is -2.57. The van der Waals surface area contributed by atoms with Crippen LogP contribution in [0.4, 0.5) is 8.78 Å². The van der Waals surface area contributed by atoms with Crippen LogP contribution in [0.2, 0.25) is 0 Å². The zero-order valence-corrected chi connectivity index (χ0v) is 17.8. The first-order chi connectivity index (χ1) is 14.0. The van der Waals surface area contributed by atoms with E-state index in [1.807, 2.05) is 0 Å². The van der Waals surface area contributed by atoms with Crippen LogP contribution >= 0.6 is 0 Å². The highest BCUT2D eigenvalue weighted by Crippen LogP contribution is 2.18. The second-order valence-corrected chi connectivity index (χ2v) is 8.27. The van der Waals surface area contributed by atoms with Crippen molar-refractivity contribution in [2.24, 2.45) is 4.99 Å². The van der Waals surface area contributed by atoms with E-state index in [1.165, 1.54) is 18.2 Å². The van der Waals surface area contributed by atoms with E-state index in [1.54, 1.807) is 7.05 Å². The van der Waals surface area contributed by atoms with Gasteiger partial charge >= 0.3 is 0 Å². The van der Waals surface area contributed by atoms with Gasteiger partial charge in [0.1, 0.15) is 11.6 Å². The third kappa shape index (κ3) is 6.10. The summed E-state index contributed by atoms with van der Waals surface area (Å²) in [6, 6.07) is 4.70. The standard InChI is InChI=1S/C21H34F2N6/c1-24-21(25-12-17-14-27(2)10-11-28(17)3)26-16-6-5-9-29(13-16)15-18-19(22)7-4-8-20(18)23/h4,7-8,16-17H,5-6,9-15H2,1-3H3,(H2,24,25,26). The molecule has 0 radical (unpaired) electrons. The minimum Gasteiger partial charge on any atom is -0.355 e. The molecule has 0 amide bonds. The fourth-order valence-corrected chi connectivity index (χ4v) is 4.15. The number of hydrogen-bond donors (Lipinski definition) is 2. The van der Waals surface area contributed by atoms with Crippen molar-refractivity contribution < 1.29 is 8.78 Å². The summed E-state index contributed by atoms with van der Waals surface area (Å²) in [7, 11) is 6.10. The number of hydrogen-bond acceptors (Lipinski definition) is 4. The summed E-state index contributed by atoms with van der Waals surface area (Å²) in [6.45, 7) is 5.91. The van der Waals surface area contributed by atoms with Gasteiger partial charge < -0.3 is 15.5 Å². The SMILES string of the molecule is CN=C(NCC1CN(C)CCN1C)NC1CCCN(Cc2c(F)cccc2F)C1. The predicted molar refractivity (Wildman–Crippen MR) is 113 cm³/mol. The minimum absolute atomic E-state index is 0.153. The maximum absolute atomic E-state index is 14.0. The zero-order valence-electron chi connectivity index (χ0n) is 17.8. The molecule has 1 aromatic carbocycles. The van der Waals surface area contributed by atoms with Gasteiger partial charge in [-0.25, -0.2) is 8.78 Å². The summed E-state index contributed by atoms with van der Waals surface area (Å²) in [5, 5.41) is 6.95. The summed E-state index contributed by atoms with van der Waals surface area (Å²) < 4.78 is 28.0. The van der Waals surface area contributed by atoms with E-state index in [4.69, 9.17) is 0 Å². The van der Waals surface area contributed by atoms with Crippen molar-refractivity contribution in [1.29, 1.82) is 0 Å². The van der Waals surface area contributed by atoms with Crippen molar-refractivity contribution in [2.75, 3.05) is 60.4 Å². The lowest BCUT2D eigenvalue weighted by molar-refractivity contribution is 0.116. The summed E-state index contributed by atoms with van der Waals surface area (Å²) in [5.74, 6) is -0.159. The molecule has 2 aliphatic rings. The highest BCUT2D eigenvalue weighted by atomic mass is 19.1. The fraction of sp³-hybridized carbons (Fsp3) is 0.667. The molecule has 0 bridgehead atoms. The molecule has 1 aromatic rings. The molecule has 8 heteroatoms. The summed E-state index contributed by atoms with van der Waals surface area (Å²) in [4.78, 5) is 11.2. The average Bonchev–Trinajstić information content (AvgIpc) is 2.70. The number of piperazine rings is 1. The lowest BCUT2D eigenvalue weighted by Gasteiger charge is -2.38. The molecule has 29 heavy (non-hydrogen) atoms. The van der Waals surface area contributed by atoms with Crippen molar-refractivity contribution in [1.82, 2.24) is 25.3 Å². The number of guanidine groups is 1. The van der Waals surface area contributed by atoms with Crippen LogP contribution in [0.15, 0.2) is 23.2 Å². The van der Waals surface area contributed by atoms with E-state index < -0.39 is 11.6 Å². The highest BCUT2D eigenvalue weighted by Gasteiger charge is 2.24. The second-order valence-electron chi connectivity index (χ2n) is 8.27. The van der Waals surface area contributed by atoms with Gasteiger partial charge in [-0.1, -0.05) is 6.07 Å². The average molecular weight is 409 g/mol. The van der Waals surface area contributed by atoms with Crippen molar-refractivity contribution in [3.63, 3.8) is 0 Å². The van der Waals surface area contributed by atoms with Gasteiger partial charge in [0, 0.05) is 64.0 Å². The Hall–Kier alpha value is -1.77. The molecule has 2 unspecified atom stereocenters. The molecule has 2 N–H and O–H groups in total. The van der Waals surface area contributed by atoms with E-state index >= 15 is 0 Å². The Morgan fingerprint density at radius 3 is 2.62 bits per heavy atom. The molecule has 162 valence electrons. The maximum Gasteiger partial charge on any atom is 0.191 e. The first kappa shape index (κ1) is 21.9. The number of aliphatic imine (C=N–C) groups is 1. The van der Waals surface area contributed by atoms with Gasteiger partial charge in [0.15, 0.2) is 5.96 Å². The molecule has 0 spiro atoms. The predicted octanol–water partition coefficient (Wildman–Crippen LogP) is 1.34. The van der Waals surface area contributed by atoms with Crippen LogP contribution < -0.4 is 10.6 Å². The molecule has 0 aliphatic carbocycles. The van der Waals surface area contributed by atoms with Crippen molar-refractivity contribution in [2.45, 2.75) is 31.5 Å². The first-order valence-corrected chi connectivity index (χ1v) is 10.5. The van der Waals surface area contributed by atoms with Crippen LogP contribution in [0.1, 0.15) is 18.4 Å². The third-order valence-electron chi connectivity index (χ3n) is 6.00. The Balaban J connectivity index is 1.50. The van der Waals surface area contributed by atoms with Gasteiger partial charge in [0.25, 0.3) is 0 Å². The van der Waals surface area contributed by atoms with Crippen LogP contribution in [0.3, 0.4) is 0 Å². The van der Waals surface area contributed by atoms with Crippen LogP contribution in [0.5, 0.6) is 0 Å². The molecule has 3 rings (SSSR count). The van der Waals surface area contributed by atoms with E-state index in [0.29, 0.717) is 12.6 Å². The molecule has 2 saturated heterocycles. The zero-order chi connectivity index (χ0) is 20.8. The Labute approximate surface area is 172 Å². The van der Waals surface area contributed by atoms with Gasteiger partial charge in [-0.3, -0.25) is 14.8 Å². The summed E-state index contributed by atoms with van der Waals surface area (Å²) >= 11 is 0. The van der Waals surface area contributed by atoms with Crippen LogP contribution in [0, 0.1) is 11.6 Å². The highest BCUT2D eigenvalue weighted by molar-refractivity contribution is 5.80. The van der Waals surface area contributed by atoms with Gasteiger partial charge in [0.2, 0.25) is 0 Å². The molecule has 2 heterocycles. The van der Waals surface area contributed by atoms with Crippen molar-refractivity contribution >= 4 is 5.96 Å². The van der Waals surface area contributed by atoms with Gasteiger partial charge in [-0.2, -0.15) is 0 Å². The molecule has 0 aromatic heterocycles. The molecular formula is C21H34F2N6. The topological polar surface area (TPSA) is 46.1 Å². The normalized spacial score (nSPS) is 25.2. The van der Waals surface area contributed by atoms with Gasteiger partial charge in [-0.05, 0) is 45.6 Å². The van der Waals surface area contributed by atoms with Gasteiger partial charge in [0.05, 0.1) is 0 Å². The van der Waals surface area contributed by atoms with E-state index in [0.717, 1.165) is 58.1 Å². The lowest BCUT2D eigenvalue weighted by atomic mass is 10.0. The number of benzene rings is 1. The number of piperidine rings is 1. The number of rotatable bonds is 5. The molecule has 2 aliphatic heterocycles. The molecule has 6 nitrogen and oxygen atoms in total. The van der Waals surface area contributed by atoms with Crippen molar-refractivity contribution in [3.05, 3.63) is 35.4 Å². The monoisotopic (exact) mass is 408 g/mol. The third-order valence-corrected chi connectivity index (χ3v) is 6.00. The Bertz CT molecular complexity index is 677. The number of likely N-dealkylation sites (N-methyl/N-ethyl adjacent to an activating group) is 2. The minimum atomic E-state index is -0.473. The van der Waals surface area contributed by atoms with Crippen molar-refractivity contribution in [3.8, 4) is 0 Å². The second kappa shape index (κ2) is 10.3. The van der Waals surface area contributed by atoms with Crippen LogP contribution in [-0.4, -0.2) is 93.2 Å². The molecule has 2 atom stereocenters. The summed E-state index contributed by atoms with van der Waals surface area (Å²) in [6.07, 6.45) is 2.00. The molecular weight excluding hydrogens is 374 g/mol. The van der Waals surface area contributed by atoms with E-state index in [9.17, 15) is 8.78 Å². The molecule has 0 saturated carbocycles. The maximum atomic E-state index is 14.0. The Morgan fingerprint density at radius 1 is 1.14 bits per heavy atom. The van der Waals surface area contributed by atoms with Gasteiger partial charge in [-0.15, -0.1) is 0 Å². The Kier molecular flexibility index (Phi) is 7.80. The van der Waals surface area contributed by atoms with E-state index in [2.05, 4.69) is 44.4 Å². The smallest absolute Gasteiger partial charge is 0.191 e. The largest absolute Gasteiger partial charge is 0.355 e. The van der Waals surface area contributed by atoms with Crippen LogP contribution in [0.25, 0.3) is 0 Å². The quantitative estimate of drug-likeness (QED) is 0.569. The fourth-order valence-electron chi connectivity index (χ4n) is 4.15. The number of nitrogens with one attached hydrogen (secondary N) is 2. The van der Waals surface area contributed by atoms with Crippen LogP contribution in [-0.2, 0) is 6.54 Å². The summed E-state index contributed by atoms with van der Waals surface area (Å²) in [5.41, 5.74) is 0.153. The Morgan fingerprint density at radius 2 is 1.90 bits per heavy atom. The first-order valence-electron chi connectivity index (χ1n) is 10.5. The number of halogens is 2. The number of nitrogens with zero attached hydrogens (tertiary/aromatic N) is 4. The number of likely N-dealkylation sites (tertiary alicyclic amines) is 1. The molecule has 2 fully saturated rings. The van der Waals surface area contributed by atoms with E-state index in [-0.39, 0.29) is 11.6 Å².